The number of hydrogen-bond donors (Lipinski definition) is 1. The van der Waals surface area contributed by atoms with E-state index in [-0.39, 0.29) is 17.4 Å². The third-order valence-electron chi connectivity index (χ3n) is 6.28. The molecule has 0 bridgehead atoms. The van der Waals surface area contributed by atoms with Crippen LogP contribution in [0.25, 0.3) is 16.3 Å². The molecule has 1 N–H and O–H groups in total. The predicted octanol–water partition coefficient (Wildman–Crippen LogP) is 7.35. The van der Waals surface area contributed by atoms with Crippen LogP contribution in [0.2, 0.25) is 5.02 Å². The van der Waals surface area contributed by atoms with Crippen molar-refractivity contribution in [3.8, 4) is 6.07 Å². The highest BCUT2D eigenvalue weighted by Gasteiger charge is 2.36. The van der Waals surface area contributed by atoms with Crippen molar-refractivity contribution < 1.29 is 18.8 Å². The second kappa shape index (κ2) is 10.7. The number of thiazole rings is 1. The van der Waals surface area contributed by atoms with Crippen LogP contribution in [-0.4, -0.2) is 22.7 Å². The fourth-order valence-corrected chi connectivity index (χ4v) is 6.39. The summed E-state index contributed by atoms with van der Waals surface area (Å²) < 4.78 is 7.30. The molecule has 1 aliphatic heterocycles. The van der Waals surface area contributed by atoms with Gasteiger partial charge in [-0.1, -0.05) is 29.8 Å². The summed E-state index contributed by atoms with van der Waals surface area (Å²) >= 11 is 8.79. The van der Waals surface area contributed by atoms with Gasteiger partial charge in [-0.3, -0.25) is 14.4 Å². The van der Waals surface area contributed by atoms with Gasteiger partial charge in [0.05, 0.1) is 27.0 Å². The summed E-state index contributed by atoms with van der Waals surface area (Å²) in [5.74, 6) is -0.963. The number of nitriles is 1. The van der Waals surface area contributed by atoms with Crippen molar-refractivity contribution in [3.05, 3.63) is 106 Å². The smallest absolute Gasteiger partial charge is 0.266 e. The average Bonchev–Trinajstić information content (AvgIpc) is 3.65. The first kappa shape index (κ1) is 26.5. The number of carbonyl (C=O) groups is 3. The molecule has 0 unspecified atom stereocenters. The normalized spacial score (nSPS) is 13.0. The molecule has 3 heterocycles. The maximum atomic E-state index is 12.9. The van der Waals surface area contributed by atoms with E-state index in [1.165, 1.54) is 34.1 Å². The molecule has 0 fully saturated rings. The number of carbonyl (C=O) groups excluding carboxylic acids is 3. The van der Waals surface area contributed by atoms with E-state index in [0.29, 0.717) is 48.2 Å². The van der Waals surface area contributed by atoms with Gasteiger partial charge in [-0.2, -0.15) is 5.26 Å². The summed E-state index contributed by atoms with van der Waals surface area (Å²) in [5.41, 5.74) is 3.18. The summed E-state index contributed by atoms with van der Waals surface area (Å²) in [6.45, 7) is 1.85. The van der Waals surface area contributed by atoms with E-state index >= 15 is 0 Å². The lowest BCUT2D eigenvalue weighted by atomic mass is 10.1. The quantitative estimate of drug-likeness (QED) is 0.124. The standard InChI is InChI=1S/C30H17ClN4O4S2/c1-16-6-7-18(13-23(16)31)33-27(36)17(15-32)12-20-9-11-26(39-20)41-30-34-24-10-8-19(14-25(24)40-30)35-28(37)21-4-2-3-5-22(21)29(35)38/h2-14H,1H3,(H,33,36)/b17-12+. The van der Waals surface area contributed by atoms with E-state index in [4.69, 9.17) is 16.0 Å². The van der Waals surface area contributed by atoms with Crippen molar-refractivity contribution in [3.63, 3.8) is 0 Å². The summed E-state index contributed by atoms with van der Waals surface area (Å²) in [5, 5.41) is 13.2. The van der Waals surface area contributed by atoms with E-state index < -0.39 is 5.91 Å². The number of nitrogens with one attached hydrogen (secondary N) is 1. The van der Waals surface area contributed by atoms with Gasteiger partial charge in [0.2, 0.25) is 0 Å². The zero-order valence-electron chi connectivity index (χ0n) is 21.2. The molecule has 0 atom stereocenters. The Morgan fingerprint density at radius 3 is 2.54 bits per heavy atom. The Hall–Kier alpha value is -4.69. The maximum Gasteiger partial charge on any atom is 0.266 e. The van der Waals surface area contributed by atoms with Gasteiger partial charge in [0.15, 0.2) is 9.43 Å². The summed E-state index contributed by atoms with van der Waals surface area (Å²) in [4.78, 5) is 44.2. The minimum atomic E-state index is -0.585. The second-order valence-corrected chi connectivity index (χ2v) is 11.7. The van der Waals surface area contributed by atoms with Crippen LogP contribution in [0.1, 0.15) is 32.0 Å². The highest BCUT2D eigenvalue weighted by molar-refractivity contribution is 8.01. The van der Waals surface area contributed by atoms with Gasteiger partial charge in [0, 0.05) is 16.8 Å². The molecule has 8 nitrogen and oxygen atoms in total. The highest BCUT2D eigenvalue weighted by atomic mass is 35.5. The Balaban J connectivity index is 1.18. The largest absolute Gasteiger partial charge is 0.450 e. The number of anilines is 2. The van der Waals surface area contributed by atoms with Gasteiger partial charge >= 0.3 is 0 Å². The second-order valence-electron chi connectivity index (χ2n) is 8.97. The first-order valence-electron chi connectivity index (χ1n) is 12.2. The Kier molecular flexibility index (Phi) is 6.93. The van der Waals surface area contributed by atoms with Crippen molar-refractivity contribution in [1.82, 2.24) is 4.98 Å². The van der Waals surface area contributed by atoms with E-state index in [9.17, 15) is 19.6 Å². The predicted molar refractivity (Wildman–Crippen MR) is 158 cm³/mol. The highest BCUT2D eigenvalue weighted by Crippen LogP contribution is 2.38. The number of aromatic nitrogens is 1. The number of furan rings is 1. The van der Waals surface area contributed by atoms with Gasteiger partial charge in [-0.25, -0.2) is 9.88 Å². The van der Waals surface area contributed by atoms with Crippen molar-refractivity contribution in [2.24, 2.45) is 0 Å². The maximum absolute atomic E-state index is 12.9. The molecule has 6 rings (SSSR count). The number of fused-ring (bicyclic) bond motifs is 2. The zero-order valence-corrected chi connectivity index (χ0v) is 23.6. The number of amides is 3. The monoisotopic (exact) mass is 596 g/mol. The van der Waals surface area contributed by atoms with Crippen molar-refractivity contribution in [1.29, 1.82) is 5.26 Å². The van der Waals surface area contributed by atoms with Crippen LogP contribution >= 0.6 is 34.7 Å². The van der Waals surface area contributed by atoms with Crippen LogP contribution in [0, 0.1) is 18.3 Å². The number of benzene rings is 3. The van der Waals surface area contributed by atoms with Gasteiger partial charge in [-0.15, -0.1) is 11.3 Å². The Labute approximate surface area is 246 Å². The lowest BCUT2D eigenvalue weighted by Gasteiger charge is -2.13. The fraction of sp³-hybridized carbons (Fsp3) is 0.0333. The molecule has 5 aromatic rings. The molecular weight excluding hydrogens is 580 g/mol. The van der Waals surface area contributed by atoms with Crippen LogP contribution in [0.3, 0.4) is 0 Å². The lowest BCUT2D eigenvalue weighted by Crippen LogP contribution is -2.29. The first-order valence-corrected chi connectivity index (χ1v) is 14.2. The number of hydrogen-bond acceptors (Lipinski definition) is 8. The number of halogens is 1. The average molecular weight is 597 g/mol. The van der Waals surface area contributed by atoms with E-state index in [1.807, 2.05) is 13.0 Å². The van der Waals surface area contributed by atoms with Gasteiger partial charge in [0.25, 0.3) is 17.7 Å². The van der Waals surface area contributed by atoms with Crippen LogP contribution in [0.5, 0.6) is 0 Å². The molecule has 11 heteroatoms. The topological polar surface area (TPSA) is 116 Å². The van der Waals surface area contributed by atoms with Crippen LogP contribution in [-0.2, 0) is 4.79 Å². The van der Waals surface area contributed by atoms with Crippen molar-refractivity contribution in [2.75, 3.05) is 10.2 Å². The van der Waals surface area contributed by atoms with E-state index in [2.05, 4.69) is 10.3 Å². The molecule has 0 saturated heterocycles. The fourth-order valence-electron chi connectivity index (χ4n) is 4.21. The van der Waals surface area contributed by atoms with Crippen molar-refractivity contribution in [2.45, 2.75) is 16.4 Å². The van der Waals surface area contributed by atoms with E-state index in [1.54, 1.807) is 72.8 Å². The van der Waals surface area contributed by atoms with Gasteiger partial charge < -0.3 is 9.73 Å². The zero-order chi connectivity index (χ0) is 28.7. The van der Waals surface area contributed by atoms with Crippen LogP contribution < -0.4 is 10.2 Å². The Morgan fingerprint density at radius 2 is 1.83 bits per heavy atom. The molecule has 200 valence electrons. The molecular formula is C30H17ClN4O4S2. The van der Waals surface area contributed by atoms with Crippen LogP contribution in [0.4, 0.5) is 11.4 Å². The molecule has 0 radical (unpaired) electrons. The minimum absolute atomic E-state index is 0.131. The lowest BCUT2D eigenvalue weighted by molar-refractivity contribution is -0.112. The SMILES string of the molecule is Cc1ccc(NC(=O)/C(C#N)=C/c2ccc(Sc3nc4ccc(N5C(=O)c6ccccc6C5=O)cc4s3)o2)cc1Cl. The van der Waals surface area contributed by atoms with E-state index in [0.717, 1.165) is 10.3 Å². The minimum Gasteiger partial charge on any atom is -0.450 e. The summed E-state index contributed by atoms with van der Waals surface area (Å²) in [6, 6.07) is 22.4. The van der Waals surface area contributed by atoms with Gasteiger partial charge in [-0.05, 0) is 78.8 Å². The molecule has 3 aromatic carbocycles. The molecule has 0 aliphatic carbocycles. The summed E-state index contributed by atoms with van der Waals surface area (Å²) in [7, 11) is 0. The third kappa shape index (κ3) is 5.14. The van der Waals surface area contributed by atoms with Crippen LogP contribution in [0.15, 0.2) is 92.2 Å². The first-order chi connectivity index (χ1) is 19.8. The molecule has 2 aromatic heterocycles. The number of aryl methyl sites for hydroxylation is 1. The molecule has 0 spiro atoms. The Morgan fingerprint density at radius 1 is 1.07 bits per heavy atom. The number of nitrogens with zero attached hydrogens (tertiary/aromatic N) is 3. The molecule has 41 heavy (non-hydrogen) atoms. The molecule has 3 amide bonds. The number of imide groups is 1. The third-order valence-corrected chi connectivity index (χ3v) is 8.68. The molecule has 1 aliphatic rings. The molecule has 0 saturated carbocycles. The van der Waals surface area contributed by atoms with Gasteiger partial charge in [0.1, 0.15) is 17.4 Å². The number of rotatable bonds is 6. The van der Waals surface area contributed by atoms with Crippen molar-refractivity contribution >= 4 is 80.1 Å². The Bertz CT molecular complexity index is 1940. The summed E-state index contributed by atoms with van der Waals surface area (Å²) in [6.07, 6.45) is 1.36.